The molecule has 4 rings (SSSR count). The zero-order valence-corrected chi connectivity index (χ0v) is 15.9. The van der Waals surface area contributed by atoms with Crippen LogP contribution in [0.3, 0.4) is 0 Å². The van der Waals surface area contributed by atoms with Crippen molar-refractivity contribution in [3.05, 3.63) is 58.1 Å². The van der Waals surface area contributed by atoms with E-state index in [1.165, 1.54) is 21.8 Å². The van der Waals surface area contributed by atoms with Crippen LogP contribution < -0.4 is 5.56 Å². The van der Waals surface area contributed by atoms with Gasteiger partial charge in [0.25, 0.3) is 5.56 Å². The lowest BCUT2D eigenvalue weighted by molar-refractivity contribution is 0.505. The maximum atomic E-state index is 12.1. The van der Waals surface area contributed by atoms with Gasteiger partial charge in [-0.2, -0.15) is 22.0 Å². The molecular formula is C20H22N4OS. The monoisotopic (exact) mass is 366 g/mol. The molecule has 0 radical (unpaired) electrons. The van der Waals surface area contributed by atoms with E-state index < -0.39 is 0 Å². The fourth-order valence-electron chi connectivity index (χ4n) is 3.28. The van der Waals surface area contributed by atoms with E-state index in [1.54, 1.807) is 6.07 Å². The Bertz CT molecular complexity index is 1020. The predicted octanol–water partition coefficient (Wildman–Crippen LogP) is 4.05. The van der Waals surface area contributed by atoms with E-state index in [4.69, 9.17) is 5.10 Å². The van der Waals surface area contributed by atoms with Crippen LogP contribution in [-0.2, 0) is 0 Å². The molecule has 0 unspecified atom stereocenters. The number of nitrogens with zero attached hydrogens (tertiary/aromatic N) is 4. The molecule has 1 aliphatic rings. The second-order valence-corrected chi connectivity index (χ2v) is 8.03. The Morgan fingerprint density at radius 2 is 1.92 bits per heavy atom. The van der Waals surface area contributed by atoms with Crippen molar-refractivity contribution in [1.29, 1.82) is 0 Å². The number of hydrogen-bond acceptors (Lipinski definition) is 4. The summed E-state index contributed by atoms with van der Waals surface area (Å²) < 4.78 is 3.43. The Labute approximate surface area is 156 Å². The number of allylic oxidation sites excluding steroid dienone is 1. The Balaban J connectivity index is 1.92. The molecule has 0 N–H and O–H groups in total. The van der Waals surface area contributed by atoms with Gasteiger partial charge in [-0.1, -0.05) is 11.6 Å². The van der Waals surface area contributed by atoms with E-state index in [1.807, 2.05) is 60.6 Å². The Hall–Kier alpha value is -2.34. The Kier molecular flexibility index (Phi) is 4.68. The number of pyridine rings is 1. The van der Waals surface area contributed by atoms with Crippen LogP contribution >= 0.6 is 11.8 Å². The van der Waals surface area contributed by atoms with Crippen LogP contribution in [0, 0.1) is 0 Å². The molecule has 0 aromatic carbocycles. The maximum absolute atomic E-state index is 12.1. The van der Waals surface area contributed by atoms with Crippen LogP contribution in [-0.4, -0.2) is 30.9 Å². The summed E-state index contributed by atoms with van der Waals surface area (Å²) in [5, 5.41) is 9.42. The molecule has 0 amide bonds. The zero-order valence-electron chi connectivity index (χ0n) is 15.1. The molecule has 0 bridgehead atoms. The number of rotatable bonds is 3. The standard InChI is InChI=1S/C20H22N4OS/c1-14(2)24-19(25)7-6-16(22-24)20-17(13-15-8-11-26-12-9-15)21-23-10-4-3-5-18(20)23/h3-7,10,13-14H,8-9,11-12H2,1-2H3. The van der Waals surface area contributed by atoms with E-state index in [0.29, 0.717) is 0 Å². The van der Waals surface area contributed by atoms with Crippen LogP contribution in [0.2, 0.25) is 0 Å². The van der Waals surface area contributed by atoms with Gasteiger partial charge in [0.05, 0.1) is 28.5 Å². The van der Waals surface area contributed by atoms with Gasteiger partial charge in [-0.25, -0.2) is 9.20 Å². The van der Waals surface area contributed by atoms with Crippen molar-refractivity contribution in [3.63, 3.8) is 0 Å². The normalized spacial score (nSPS) is 15.0. The molecule has 1 saturated heterocycles. The van der Waals surface area contributed by atoms with Crippen molar-refractivity contribution in [2.45, 2.75) is 32.7 Å². The van der Waals surface area contributed by atoms with Gasteiger partial charge < -0.3 is 0 Å². The van der Waals surface area contributed by atoms with E-state index in [9.17, 15) is 4.79 Å². The molecule has 3 aromatic rings. The largest absolute Gasteiger partial charge is 0.268 e. The third-order valence-corrected chi connectivity index (χ3v) is 5.60. The Morgan fingerprint density at radius 1 is 1.12 bits per heavy atom. The van der Waals surface area contributed by atoms with Gasteiger partial charge in [-0.3, -0.25) is 4.79 Å². The van der Waals surface area contributed by atoms with Gasteiger partial charge in [0.15, 0.2) is 0 Å². The molecule has 0 aliphatic carbocycles. The molecule has 0 atom stereocenters. The maximum Gasteiger partial charge on any atom is 0.267 e. The first-order valence-corrected chi connectivity index (χ1v) is 10.1. The highest BCUT2D eigenvalue weighted by atomic mass is 32.2. The zero-order chi connectivity index (χ0) is 18.1. The van der Waals surface area contributed by atoms with Gasteiger partial charge >= 0.3 is 0 Å². The summed E-state index contributed by atoms with van der Waals surface area (Å²) in [5.41, 5.74) is 5.07. The van der Waals surface area contributed by atoms with Gasteiger partial charge in [0, 0.05) is 12.3 Å². The summed E-state index contributed by atoms with van der Waals surface area (Å²) in [6.07, 6.45) is 6.39. The van der Waals surface area contributed by atoms with Gasteiger partial charge in [-0.05, 0) is 62.5 Å². The van der Waals surface area contributed by atoms with Gasteiger partial charge in [-0.15, -0.1) is 0 Å². The van der Waals surface area contributed by atoms with Crippen molar-refractivity contribution < 1.29 is 0 Å². The highest BCUT2D eigenvalue weighted by Gasteiger charge is 2.17. The summed E-state index contributed by atoms with van der Waals surface area (Å²) in [6, 6.07) is 9.45. The van der Waals surface area contributed by atoms with E-state index in [0.717, 1.165) is 35.3 Å². The lowest BCUT2D eigenvalue weighted by Crippen LogP contribution is -2.23. The third kappa shape index (κ3) is 3.21. The van der Waals surface area contributed by atoms with Crippen LogP contribution in [0.25, 0.3) is 22.9 Å². The molecule has 1 fully saturated rings. The molecule has 4 heterocycles. The summed E-state index contributed by atoms with van der Waals surface area (Å²) in [5.74, 6) is 2.34. The minimum absolute atomic E-state index is 0.0152. The quantitative estimate of drug-likeness (QED) is 0.702. The molecule has 0 spiro atoms. The van der Waals surface area contributed by atoms with Crippen LogP contribution in [0.15, 0.2) is 46.9 Å². The molecule has 5 nitrogen and oxygen atoms in total. The highest BCUT2D eigenvalue weighted by Crippen LogP contribution is 2.31. The number of aromatic nitrogens is 4. The van der Waals surface area contributed by atoms with Crippen LogP contribution in [0.1, 0.15) is 38.4 Å². The fraction of sp³-hybridized carbons (Fsp3) is 0.350. The highest BCUT2D eigenvalue weighted by molar-refractivity contribution is 7.99. The summed E-state index contributed by atoms with van der Waals surface area (Å²) in [4.78, 5) is 12.1. The van der Waals surface area contributed by atoms with Gasteiger partial charge in [0.1, 0.15) is 0 Å². The molecule has 0 saturated carbocycles. The summed E-state index contributed by atoms with van der Waals surface area (Å²) in [6.45, 7) is 3.94. The minimum atomic E-state index is -0.0792. The summed E-state index contributed by atoms with van der Waals surface area (Å²) in [7, 11) is 0. The molecular weight excluding hydrogens is 344 g/mol. The molecule has 134 valence electrons. The second-order valence-electron chi connectivity index (χ2n) is 6.80. The smallest absolute Gasteiger partial charge is 0.267 e. The number of fused-ring (bicyclic) bond motifs is 1. The lowest BCUT2D eigenvalue weighted by Gasteiger charge is -2.13. The third-order valence-electron chi connectivity index (χ3n) is 4.61. The van der Waals surface area contributed by atoms with Crippen LogP contribution in [0.5, 0.6) is 0 Å². The number of thioether (sulfide) groups is 1. The topological polar surface area (TPSA) is 52.2 Å². The van der Waals surface area contributed by atoms with Crippen molar-refractivity contribution in [2.75, 3.05) is 11.5 Å². The lowest BCUT2D eigenvalue weighted by atomic mass is 10.0. The van der Waals surface area contributed by atoms with E-state index in [-0.39, 0.29) is 11.6 Å². The van der Waals surface area contributed by atoms with E-state index in [2.05, 4.69) is 11.2 Å². The molecule has 26 heavy (non-hydrogen) atoms. The fourth-order valence-corrected chi connectivity index (χ4v) is 4.30. The number of hydrogen-bond donors (Lipinski definition) is 0. The van der Waals surface area contributed by atoms with Crippen molar-refractivity contribution >= 4 is 23.4 Å². The van der Waals surface area contributed by atoms with Crippen molar-refractivity contribution in [1.82, 2.24) is 19.4 Å². The minimum Gasteiger partial charge on any atom is -0.268 e. The first kappa shape index (κ1) is 17.1. The van der Waals surface area contributed by atoms with Crippen molar-refractivity contribution in [3.8, 4) is 11.3 Å². The predicted molar refractivity (Wildman–Crippen MR) is 108 cm³/mol. The first-order valence-electron chi connectivity index (χ1n) is 8.98. The van der Waals surface area contributed by atoms with Gasteiger partial charge in [0.2, 0.25) is 0 Å². The SMILES string of the molecule is CC(C)n1nc(-c2c(C=C3CCSCC3)nn3ccccc23)ccc1=O. The van der Waals surface area contributed by atoms with Crippen molar-refractivity contribution in [2.24, 2.45) is 0 Å². The molecule has 6 heteroatoms. The first-order chi connectivity index (χ1) is 12.6. The van der Waals surface area contributed by atoms with E-state index >= 15 is 0 Å². The average molecular weight is 366 g/mol. The summed E-state index contributed by atoms with van der Waals surface area (Å²) >= 11 is 2.00. The molecule has 3 aromatic heterocycles. The second kappa shape index (κ2) is 7.11. The average Bonchev–Trinajstić information content (AvgIpc) is 3.00. The Morgan fingerprint density at radius 3 is 2.69 bits per heavy atom. The van der Waals surface area contributed by atoms with Crippen LogP contribution in [0.4, 0.5) is 0 Å². The molecule has 1 aliphatic heterocycles.